The second-order valence-electron chi connectivity index (χ2n) is 6.02. The predicted molar refractivity (Wildman–Crippen MR) is 101 cm³/mol. The van der Waals surface area contributed by atoms with Crippen molar-refractivity contribution in [2.45, 2.75) is 10.9 Å². The van der Waals surface area contributed by atoms with Crippen LogP contribution >= 0.6 is 0 Å². The number of nitrogens with one attached hydrogen (secondary N) is 2. The van der Waals surface area contributed by atoms with Crippen LogP contribution in [0, 0.1) is 17.5 Å². The Morgan fingerprint density at radius 1 is 0.793 bits per heavy atom. The number of hydrogen-bond acceptors (Lipinski definition) is 3. The van der Waals surface area contributed by atoms with Gasteiger partial charge in [0.25, 0.3) is 0 Å². The Bertz CT molecular complexity index is 1120. The SMILES string of the molecule is O=C(Nc1ccccc1)C(NS(=O)(=O)c1cc(F)c(F)cc1F)c1ccccc1. The third-order valence-corrected chi connectivity index (χ3v) is 5.41. The molecule has 0 aromatic heterocycles. The number of carbonyl (C=O) groups excluding carboxylic acids is 1. The van der Waals surface area contributed by atoms with Gasteiger partial charge in [-0.3, -0.25) is 4.79 Å². The Labute approximate surface area is 165 Å². The van der Waals surface area contributed by atoms with Crippen LogP contribution in [0.5, 0.6) is 0 Å². The van der Waals surface area contributed by atoms with Crippen molar-refractivity contribution < 1.29 is 26.4 Å². The number of amides is 1. The maximum atomic E-state index is 14.0. The van der Waals surface area contributed by atoms with Crippen LogP contribution in [0.3, 0.4) is 0 Å². The van der Waals surface area contributed by atoms with E-state index in [1.807, 2.05) is 0 Å². The fourth-order valence-electron chi connectivity index (χ4n) is 2.58. The summed E-state index contributed by atoms with van der Waals surface area (Å²) in [5.41, 5.74) is 0.684. The Kier molecular flexibility index (Phi) is 6.00. The van der Waals surface area contributed by atoms with Crippen molar-refractivity contribution >= 4 is 21.6 Å². The monoisotopic (exact) mass is 420 g/mol. The first-order valence-electron chi connectivity index (χ1n) is 8.35. The van der Waals surface area contributed by atoms with E-state index in [4.69, 9.17) is 0 Å². The first kappa shape index (κ1) is 20.6. The van der Waals surface area contributed by atoms with Gasteiger partial charge in [-0.05, 0) is 23.8 Å². The maximum Gasteiger partial charge on any atom is 0.247 e. The van der Waals surface area contributed by atoms with E-state index in [0.29, 0.717) is 5.69 Å². The molecule has 0 heterocycles. The molecule has 1 atom stereocenters. The van der Waals surface area contributed by atoms with Crippen molar-refractivity contribution in [3.05, 3.63) is 95.8 Å². The summed E-state index contributed by atoms with van der Waals surface area (Å²) < 4.78 is 68.0. The first-order chi connectivity index (χ1) is 13.8. The molecule has 2 N–H and O–H groups in total. The maximum absolute atomic E-state index is 14.0. The van der Waals surface area contributed by atoms with Crippen molar-refractivity contribution in [1.82, 2.24) is 4.72 Å². The fourth-order valence-corrected chi connectivity index (χ4v) is 3.84. The van der Waals surface area contributed by atoms with E-state index < -0.39 is 44.3 Å². The quantitative estimate of drug-likeness (QED) is 0.597. The van der Waals surface area contributed by atoms with Crippen molar-refractivity contribution in [3.8, 4) is 0 Å². The third-order valence-electron chi connectivity index (χ3n) is 3.97. The van der Waals surface area contributed by atoms with Crippen LogP contribution in [0.1, 0.15) is 11.6 Å². The summed E-state index contributed by atoms with van der Waals surface area (Å²) in [6.45, 7) is 0. The highest BCUT2D eigenvalue weighted by Crippen LogP contribution is 2.23. The highest BCUT2D eigenvalue weighted by Gasteiger charge is 2.30. The van der Waals surface area contributed by atoms with E-state index >= 15 is 0 Å². The Balaban J connectivity index is 1.97. The minimum atomic E-state index is -4.71. The van der Waals surface area contributed by atoms with Crippen molar-refractivity contribution in [2.24, 2.45) is 0 Å². The molecule has 3 aromatic carbocycles. The normalized spacial score (nSPS) is 12.4. The molecule has 3 aromatic rings. The molecule has 3 rings (SSSR count). The molecular formula is C20H15F3N2O3S. The molecule has 0 fully saturated rings. The predicted octanol–water partition coefficient (Wildman–Crippen LogP) is 3.76. The molecule has 1 unspecified atom stereocenters. The molecular weight excluding hydrogens is 405 g/mol. The summed E-state index contributed by atoms with van der Waals surface area (Å²) >= 11 is 0. The number of carbonyl (C=O) groups is 1. The molecule has 0 saturated heterocycles. The van der Waals surface area contributed by atoms with Gasteiger partial charge in [-0.25, -0.2) is 21.6 Å². The van der Waals surface area contributed by atoms with Crippen LogP contribution < -0.4 is 10.0 Å². The van der Waals surface area contributed by atoms with E-state index in [1.54, 1.807) is 48.5 Å². The lowest BCUT2D eigenvalue weighted by molar-refractivity contribution is -0.117. The molecule has 0 aliphatic rings. The minimum Gasteiger partial charge on any atom is -0.324 e. The summed E-state index contributed by atoms with van der Waals surface area (Å²) in [5.74, 6) is -5.28. The van der Waals surface area contributed by atoms with Gasteiger partial charge in [0, 0.05) is 11.8 Å². The van der Waals surface area contributed by atoms with E-state index in [2.05, 4.69) is 10.0 Å². The molecule has 0 aliphatic heterocycles. The van der Waals surface area contributed by atoms with Crippen LogP contribution in [0.15, 0.2) is 77.7 Å². The van der Waals surface area contributed by atoms with Gasteiger partial charge in [0.2, 0.25) is 15.9 Å². The van der Waals surface area contributed by atoms with Crippen LogP contribution in [-0.4, -0.2) is 14.3 Å². The van der Waals surface area contributed by atoms with E-state index in [-0.39, 0.29) is 17.7 Å². The van der Waals surface area contributed by atoms with Crippen LogP contribution in [0.2, 0.25) is 0 Å². The van der Waals surface area contributed by atoms with Crippen molar-refractivity contribution in [2.75, 3.05) is 5.32 Å². The Morgan fingerprint density at radius 2 is 1.34 bits per heavy atom. The van der Waals surface area contributed by atoms with Gasteiger partial charge in [-0.15, -0.1) is 0 Å². The highest BCUT2D eigenvalue weighted by atomic mass is 32.2. The minimum absolute atomic E-state index is 0.130. The standard InChI is InChI=1S/C20H15F3N2O3S/c21-15-11-17(23)18(12-16(15)22)29(27,28)25-19(13-7-3-1-4-8-13)20(26)24-14-9-5-2-6-10-14/h1-12,19,25H,(H,24,26). The second kappa shape index (κ2) is 8.46. The van der Waals surface area contributed by atoms with Crippen molar-refractivity contribution in [3.63, 3.8) is 0 Å². The van der Waals surface area contributed by atoms with Gasteiger partial charge in [-0.2, -0.15) is 4.72 Å². The van der Waals surface area contributed by atoms with Gasteiger partial charge in [0.15, 0.2) is 11.6 Å². The van der Waals surface area contributed by atoms with Gasteiger partial charge in [0.05, 0.1) is 0 Å². The topological polar surface area (TPSA) is 75.3 Å². The van der Waals surface area contributed by atoms with E-state index in [9.17, 15) is 26.4 Å². The number of sulfonamides is 1. The summed E-state index contributed by atoms with van der Waals surface area (Å²) in [6.07, 6.45) is 0. The van der Waals surface area contributed by atoms with Crippen LogP contribution in [-0.2, 0) is 14.8 Å². The molecule has 1 amide bonds. The van der Waals surface area contributed by atoms with Gasteiger partial charge in [0.1, 0.15) is 16.8 Å². The summed E-state index contributed by atoms with van der Waals surface area (Å²) in [5, 5.41) is 2.56. The molecule has 9 heteroatoms. The number of halogens is 3. The van der Waals surface area contributed by atoms with E-state index in [0.717, 1.165) is 0 Å². The summed E-state index contributed by atoms with van der Waals surface area (Å²) in [6, 6.07) is 15.0. The fraction of sp³-hybridized carbons (Fsp3) is 0.0500. The summed E-state index contributed by atoms with van der Waals surface area (Å²) in [7, 11) is -4.71. The highest BCUT2D eigenvalue weighted by molar-refractivity contribution is 7.89. The average Bonchev–Trinajstić information content (AvgIpc) is 2.70. The molecule has 0 radical (unpaired) electrons. The lowest BCUT2D eigenvalue weighted by Crippen LogP contribution is -2.37. The number of anilines is 1. The molecule has 0 bridgehead atoms. The zero-order chi connectivity index (χ0) is 21.0. The van der Waals surface area contributed by atoms with E-state index in [1.165, 1.54) is 12.1 Å². The smallest absolute Gasteiger partial charge is 0.247 e. The lowest BCUT2D eigenvalue weighted by Gasteiger charge is -2.19. The number of para-hydroxylation sites is 1. The third kappa shape index (κ3) is 4.82. The van der Waals surface area contributed by atoms with Crippen molar-refractivity contribution in [1.29, 1.82) is 0 Å². The number of rotatable bonds is 6. The molecule has 29 heavy (non-hydrogen) atoms. The van der Waals surface area contributed by atoms with Gasteiger partial charge >= 0.3 is 0 Å². The zero-order valence-electron chi connectivity index (χ0n) is 14.8. The largest absolute Gasteiger partial charge is 0.324 e. The lowest BCUT2D eigenvalue weighted by atomic mass is 10.1. The second-order valence-corrected chi connectivity index (χ2v) is 7.70. The van der Waals surface area contributed by atoms with Gasteiger partial charge < -0.3 is 5.32 Å². The summed E-state index contributed by atoms with van der Waals surface area (Å²) in [4.78, 5) is 11.7. The van der Waals surface area contributed by atoms with Gasteiger partial charge in [-0.1, -0.05) is 48.5 Å². The number of hydrogen-bond donors (Lipinski definition) is 2. The van der Waals surface area contributed by atoms with Crippen LogP contribution in [0.25, 0.3) is 0 Å². The molecule has 0 saturated carbocycles. The van der Waals surface area contributed by atoms with Crippen LogP contribution in [0.4, 0.5) is 18.9 Å². The first-order valence-corrected chi connectivity index (χ1v) is 9.84. The zero-order valence-corrected chi connectivity index (χ0v) is 15.6. The molecule has 0 spiro atoms. The Hall–Kier alpha value is -3.17. The molecule has 5 nitrogen and oxygen atoms in total. The Morgan fingerprint density at radius 3 is 1.97 bits per heavy atom. The average molecular weight is 420 g/mol. The number of benzene rings is 3. The molecule has 150 valence electrons. The molecule has 0 aliphatic carbocycles.